The number of fused-ring (bicyclic) bond motifs is 1. The van der Waals surface area contributed by atoms with Crippen molar-refractivity contribution < 1.29 is 22.7 Å². The topological polar surface area (TPSA) is 96.1 Å². The first-order valence-corrected chi connectivity index (χ1v) is 13.3. The summed E-state index contributed by atoms with van der Waals surface area (Å²) in [5.41, 5.74) is 4.34. The van der Waals surface area contributed by atoms with Crippen LogP contribution in [0.1, 0.15) is 40.8 Å². The van der Waals surface area contributed by atoms with Gasteiger partial charge >= 0.3 is 12.1 Å². The van der Waals surface area contributed by atoms with Crippen molar-refractivity contribution in [2.45, 2.75) is 38.5 Å². The average molecular weight is 573 g/mol. The third-order valence-corrected chi connectivity index (χ3v) is 7.62. The lowest BCUT2D eigenvalue weighted by Crippen LogP contribution is -2.45. The number of carbonyl (C=O) groups is 1. The van der Waals surface area contributed by atoms with Gasteiger partial charge in [-0.2, -0.15) is 13.2 Å². The first kappa shape index (κ1) is 27.9. The van der Waals surface area contributed by atoms with E-state index in [0.29, 0.717) is 60.8 Å². The van der Waals surface area contributed by atoms with Gasteiger partial charge in [0.05, 0.1) is 16.3 Å². The predicted octanol–water partition coefficient (Wildman–Crippen LogP) is 4.69. The molecule has 5 rings (SSSR count). The predicted molar refractivity (Wildman–Crippen MR) is 146 cm³/mol. The van der Waals surface area contributed by atoms with E-state index in [-0.39, 0.29) is 18.7 Å². The number of allylic oxidation sites excluding steroid dienone is 1. The fraction of sp³-hybridized carbons (Fsp3) is 0.345. The number of pyridine rings is 2. The molecule has 0 radical (unpaired) electrons. The lowest BCUT2D eigenvalue weighted by molar-refractivity contribution is -0.174. The van der Waals surface area contributed by atoms with Gasteiger partial charge in [-0.15, -0.1) is 0 Å². The van der Waals surface area contributed by atoms with Crippen LogP contribution in [-0.2, 0) is 24.2 Å². The number of halogens is 4. The molecule has 1 saturated heterocycles. The van der Waals surface area contributed by atoms with Crippen LogP contribution in [-0.4, -0.2) is 41.7 Å². The maximum absolute atomic E-state index is 12.8. The zero-order valence-corrected chi connectivity index (χ0v) is 22.3. The second-order valence-corrected chi connectivity index (χ2v) is 10.7. The van der Waals surface area contributed by atoms with Crippen LogP contribution in [0.3, 0.4) is 0 Å². The highest BCUT2D eigenvalue weighted by Crippen LogP contribution is 2.36. The van der Waals surface area contributed by atoms with Gasteiger partial charge in [0.15, 0.2) is 0 Å². The van der Waals surface area contributed by atoms with Crippen LogP contribution in [0, 0.1) is 5.41 Å². The number of aromatic amines is 1. The number of hydrogen-bond donors (Lipinski definition) is 3. The molecule has 210 valence electrons. The number of aromatic nitrogens is 2. The fourth-order valence-corrected chi connectivity index (χ4v) is 5.45. The Morgan fingerprint density at radius 2 is 2.02 bits per heavy atom. The van der Waals surface area contributed by atoms with E-state index >= 15 is 0 Å². The second-order valence-electron chi connectivity index (χ2n) is 10.3. The van der Waals surface area contributed by atoms with Crippen LogP contribution in [0.25, 0.3) is 11.6 Å². The second kappa shape index (κ2) is 11.5. The Balaban J connectivity index is 1.33. The highest BCUT2D eigenvalue weighted by molar-refractivity contribution is 6.30. The molecule has 1 atom stereocenters. The quantitative estimate of drug-likeness (QED) is 0.364. The Morgan fingerprint density at radius 1 is 1.18 bits per heavy atom. The third kappa shape index (κ3) is 6.39. The minimum Gasteiger partial charge on any atom is -0.486 e. The van der Waals surface area contributed by atoms with Crippen LogP contribution in [0.15, 0.2) is 53.6 Å². The van der Waals surface area contributed by atoms with Gasteiger partial charge < -0.3 is 20.4 Å². The molecule has 2 aliphatic rings. The maximum atomic E-state index is 12.8. The number of carbonyl (C=O) groups excluding carboxylic acids is 1. The number of benzene rings is 1. The van der Waals surface area contributed by atoms with Crippen molar-refractivity contribution in [3.05, 3.63) is 92.1 Å². The molecule has 1 aliphatic heterocycles. The molecule has 40 heavy (non-hydrogen) atoms. The van der Waals surface area contributed by atoms with E-state index in [0.717, 1.165) is 22.3 Å². The summed E-state index contributed by atoms with van der Waals surface area (Å²) in [6, 6.07) is 11.2. The first-order chi connectivity index (χ1) is 19.1. The molecule has 0 unspecified atom stereocenters. The Kier molecular flexibility index (Phi) is 8.00. The van der Waals surface area contributed by atoms with Crippen LogP contribution >= 0.6 is 11.6 Å². The average Bonchev–Trinajstić information content (AvgIpc) is 3.39. The lowest BCUT2D eigenvalue weighted by atomic mass is 9.79. The summed E-state index contributed by atoms with van der Waals surface area (Å²) in [6.45, 7) is 1.34. The largest absolute Gasteiger partial charge is 0.486 e. The summed E-state index contributed by atoms with van der Waals surface area (Å²) < 4.78 is 44.2. The summed E-state index contributed by atoms with van der Waals surface area (Å²) >= 11 is 5.91. The maximum Gasteiger partial charge on any atom is 0.471 e. The normalized spacial score (nSPS) is 18.6. The van der Waals surface area contributed by atoms with Crippen LogP contribution in [0.2, 0.25) is 5.02 Å². The molecule has 11 heteroatoms. The molecule has 2 aromatic heterocycles. The van der Waals surface area contributed by atoms with Crippen LogP contribution < -0.4 is 20.9 Å². The fourth-order valence-electron chi connectivity index (χ4n) is 5.34. The van der Waals surface area contributed by atoms with Crippen molar-refractivity contribution in [2.24, 2.45) is 5.41 Å². The van der Waals surface area contributed by atoms with E-state index in [2.05, 4.69) is 26.7 Å². The van der Waals surface area contributed by atoms with Crippen LogP contribution in [0.5, 0.6) is 5.75 Å². The van der Waals surface area contributed by atoms with Gasteiger partial charge in [0.2, 0.25) is 0 Å². The van der Waals surface area contributed by atoms with Gasteiger partial charge in [-0.25, -0.2) is 0 Å². The molecule has 0 spiro atoms. The van der Waals surface area contributed by atoms with Gasteiger partial charge in [-0.05, 0) is 72.7 Å². The minimum atomic E-state index is -4.90. The van der Waals surface area contributed by atoms with Gasteiger partial charge in [-0.3, -0.25) is 14.6 Å². The molecule has 1 amide bonds. The molecule has 1 aliphatic carbocycles. The summed E-state index contributed by atoms with van der Waals surface area (Å²) in [5.74, 6) is -1.45. The molecule has 0 bridgehead atoms. The Morgan fingerprint density at radius 3 is 2.75 bits per heavy atom. The van der Waals surface area contributed by atoms with Crippen molar-refractivity contribution in [3.8, 4) is 5.75 Å². The molecule has 3 N–H and O–H groups in total. The summed E-state index contributed by atoms with van der Waals surface area (Å²) in [7, 11) is 0. The van der Waals surface area contributed by atoms with Crippen molar-refractivity contribution >= 4 is 29.2 Å². The monoisotopic (exact) mass is 572 g/mol. The SMILES string of the molecule is O=C(NC[C@]1(Cc2ccc3c(c2)CCC(c2c(OCc4ccc(Cl)cn4)cc[nH]c2=O)=C3)CCNC1)C(F)(F)F. The van der Waals surface area contributed by atoms with Gasteiger partial charge in [0, 0.05) is 30.9 Å². The molecule has 3 aromatic rings. The summed E-state index contributed by atoms with van der Waals surface area (Å²) in [4.78, 5) is 31.2. The molecule has 0 saturated carbocycles. The van der Waals surface area contributed by atoms with Crippen LogP contribution in [0.4, 0.5) is 13.2 Å². The first-order valence-electron chi connectivity index (χ1n) is 13.0. The molecule has 3 heterocycles. The highest BCUT2D eigenvalue weighted by atomic mass is 35.5. The van der Waals surface area contributed by atoms with Crippen molar-refractivity contribution in [1.29, 1.82) is 0 Å². The van der Waals surface area contributed by atoms with E-state index < -0.39 is 17.5 Å². The van der Waals surface area contributed by atoms with Gasteiger partial charge in [0.25, 0.3) is 5.56 Å². The summed E-state index contributed by atoms with van der Waals surface area (Å²) in [5, 5.41) is 5.82. The van der Waals surface area contributed by atoms with Gasteiger partial charge in [0.1, 0.15) is 12.4 Å². The number of nitrogens with one attached hydrogen (secondary N) is 3. The lowest BCUT2D eigenvalue weighted by Gasteiger charge is -2.29. The highest BCUT2D eigenvalue weighted by Gasteiger charge is 2.41. The Labute approximate surface area is 233 Å². The number of H-pyrrole nitrogens is 1. The zero-order valence-electron chi connectivity index (χ0n) is 21.5. The molecule has 7 nitrogen and oxygen atoms in total. The van der Waals surface area contributed by atoms with E-state index in [9.17, 15) is 22.8 Å². The van der Waals surface area contributed by atoms with E-state index in [1.54, 1.807) is 24.4 Å². The number of hydrogen-bond acceptors (Lipinski definition) is 5. The van der Waals surface area contributed by atoms with Gasteiger partial charge in [-0.1, -0.05) is 35.9 Å². The minimum absolute atomic E-state index is 0.0510. The number of rotatable bonds is 8. The molecule has 1 aromatic carbocycles. The smallest absolute Gasteiger partial charge is 0.471 e. The number of aryl methyl sites for hydroxylation is 1. The standard InChI is InChI=1S/C29H28ClF3N4O3/c30-22-5-6-23(36-14-22)15-40-24-7-9-35-26(38)25(24)21-4-3-19-11-18(1-2-20(19)12-21)13-28(8-10-34-16-28)17-37-27(39)29(31,32)33/h1-2,5-7,9,11-12,14,34H,3-4,8,10,13,15-17H2,(H,35,38)(H,37,39)/t28-/m0/s1. The third-order valence-electron chi connectivity index (χ3n) is 7.40. The number of ether oxygens (including phenoxy) is 1. The number of alkyl halides is 3. The van der Waals surface area contributed by atoms with E-state index in [4.69, 9.17) is 16.3 Å². The molecular weight excluding hydrogens is 545 g/mol. The van der Waals surface area contributed by atoms with Crippen molar-refractivity contribution in [1.82, 2.24) is 20.6 Å². The Bertz CT molecular complexity index is 1480. The van der Waals surface area contributed by atoms with Crippen molar-refractivity contribution in [2.75, 3.05) is 19.6 Å². The Hall–Kier alpha value is -3.63. The number of amides is 1. The van der Waals surface area contributed by atoms with E-state index in [1.165, 1.54) is 6.20 Å². The van der Waals surface area contributed by atoms with E-state index in [1.807, 2.05) is 18.2 Å². The molecule has 1 fully saturated rings. The summed E-state index contributed by atoms with van der Waals surface area (Å²) in [6.07, 6.45) is 2.68. The molecular formula is C29H28ClF3N4O3. The zero-order chi connectivity index (χ0) is 28.3. The van der Waals surface area contributed by atoms with Crippen molar-refractivity contribution in [3.63, 3.8) is 0 Å². The number of nitrogens with zero attached hydrogens (tertiary/aromatic N) is 1.